The molecule has 6 heteroatoms. The van der Waals surface area contributed by atoms with Gasteiger partial charge in [0.15, 0.2) is 0 Å². The molecule has 0 aromatic heterocycles. The van der Waals surface area contributed by atoms with E-state index in [9.17, 15) is 9.59 Å². The van der Waals surface area contributed by atoms with E-state index in [1.807, 2.05) is 13.8 Å². The highest BCUT2D eigenvalue weighted by Crippen LogP contribution is 2.12. The van der Waals surface area contributed by atoms with Crippen LogP contribution in [0.2, 0.25) is 5.02 Å². The van der Waals surface area contributed by atoms with Crippen molar-refractivity contribution in [2.45, 2.75) is 26.3 Å². The van der Waals surface area contributed by atoms with Crippen LogP contribution in [0.25, 0.3) is 0 Å². The Hall–Kier alpha value is -1.59. The highest BCUT2D eigenvalue weighted by molar-refractivity contribution is 6.30. The van der Waals surface area contributed by atoms with Gasteiger partial charge < -0.3 is 15.7 Å². The molecule has 0 aliphatic carbocycles. The molecule has 21 heavy (non-hydrogen) atoms. The van der Waals surface area contributed by atoms with Gasteiger partial charge in [-0.25, -0.2) is 0 Å². The van der Waals surface area contributed by atoms with Gasteiger partial charge >= 0.3 is 0 Å². The van der Waals surface area contributed by atoms with Crippen LogP contribution in [0.5, 0.6) is 0 Å². The lowest BCUT2D eigenvalue weighted by Crippen LogP contribution is -2.50. The average Bonchev–Trinajstić information content (AvgIpc) is 2.49. The van der Waals surface area contributed by atoms with E-state index in [1.54, 1.807) is 24.3 Å². The van der Waals surface area contributed by atoms with Crippen molar-refractivity contribution in [3.05, 3.63) is 34.9 Å². The van der Waals surface area contributed by atoms with Crippen LogP contribution in [0.1, 0.15) is 30.6 Å². The van der Waals surface area contributed by atoms with E-state index in [0.29, 0.717) is 10.6 Å². The lowest BCUT2D eigenvalue weighted by atomic mass is 9.98. The SMILES string of the molecule is CCC(C)C(NC(=O)c1ccc(Cl)cc1)C(=O)NCCO. The number of rotatable bonds is 7. The summed E-state index contributed by atoms with van der Waals surface area (Å²) in [5, 5.41) is 14.6. The summed E-state index contributed by atoms with van der Waals surface area (Å²) in [6.07, 6.45) is 0.748. The van der Waals surface area contributed by atoms with Crippen LogP contribution >= 0.6 is 11.6 Å². The second-order valence-electron chi connectivity index (χ2n) is 4.86. The monoisotopic (exact) mass is 312 g/mol. The lowest BCUT2D eigenvalue weighted by molar-refractivity contribution is -0.124. The molecule has 0 saturated heterocycles. The van der Waals surface area contributed by atoms with Gasteiger partial charge in [-0.3, -0.25) is 9.59 Å². The summed E-state index contributed by atoms with van der Waals surface area (Å²) in [6.45, 7) is 3.88. The first-order valence-electron chi connectivity index (χ1n) is 6.94. The minimum atomic E-state index is -0.635. The lowest BCUT2D eigenvalue weighted by Gasteiger charge is -2.23. The Morgan fingerprint density at radius 3 is 2.43 bits per heavy atom. The smallest absolute Gasteiger partial charge is 0.251 e. The summed E-state index contributed by atoms with van der Waals surface area (Å²) in [5.74, 6) is -0.628. The van der Waals surface area contributed by atoms with Gasteiger partial charge in [0.2, 0.25) is 5.91 Å². The van der Waals surface area contributed by atoms with E-state index in [1.165, 1.54) is 0 Å². The van der Waals surface area contributed by atoms with Crippen molar-refractivity contribution in [3.63, 3.8) is 0 Å². The zero-order valence-corrected chi connectivity index (χ0v) is 13.0. The zero-order valence-electron chi connectivity index (χ0n) is 12.2. The largest absolute Gasteiger partial charge is 0.395 e. The Bertz CT molecular complexity index is 476. The molecule has 2 atom stereocenters. The van der Waals surface area contributed by atoms with Gasteiger partial charge in [-0.05, 0) is 30.2 Å². The van der Waals surface area contributed by atoms with Crippen LogP contribution in [-0.4, -0.2) is 36.1 Å². The van der Waals surface area contributed by atoms with Gasteiger partial charge in [0, 0.05) is 17.1 Å². The molecule has 5 nitrogen and oxygen atoms in total. The maximum Gasteiger partial charge on any atom is 0.251 e. The van der Waals surface area contributed by atoms with Crippen LogP contribution in [0.4, 0.5) is 0 Å². The number of aliphatic hydroxyl groups excluding tert-OH is 1. The maximum atomic E-state index is 12.2. The summed E-state index contributed by atoms with van der Waals surface area (Å²) < 4.78 is 0. The van der Waals surface area contributed by atoms with E-state index >= 15 is 0 Å². The Morgan fingerprint density at radius 1 is 1.29 bits per heavy atom. The van der Waals surface area contributed by atoms with Crippen molar-refractivity contribution in [2.24, 2.45) is 5.92 Å². The molecule has 2 amide bonds. The van der Waals surface area contributed by atoms with Crippen molar-refractivity contribution in [3.8, 4) is 0 Å². The third-order valence-electron chi connectivity index (χ3n) is 3.30. The summed E-state index contributed by atoms with van der Waals surface area (Å²) in [4.78, 5) is 24.2. The average molecular weight is 313 g/mol. The number of carbonyl (C=O) groups is 2. The molecule has 0 spiro atoms. The van der Waals surface area contributed by atoms with Crippen molar-refractivity contribution in [1.82, 2.24) is 10.6 Å². The van der Waals surface area contributed by atoms with E-state index in [2.05, 4.69) is 10.6 Å². The van der Waals surface area contributed by atoms with Crippen molar-refractivity contribution in [2.75, 3.05) is 13.2 Å². The molecule has 0 heterocycles. The fourth-order valence-corrected chi connectivity index (χ4v) is 1.94. The van der Waals surface area contributed by atoms with Crippen LogP contribution in [0, 0.1) is 5.92 Å². The number of hydrogen-bond donors (Lipinski definition) is 3. The number of hydrogen-bond acceptors (Lipinski definition) is 3. The molecule has 0 fully saturated rings. The Kier molecular flexibility index (Phi) is 7.19. The quantitative estimate of drug-likeness (QED) is 0.715. The number of nitrogens with one attached hydrogen (secondary N) is 2. The standard InChI is InChI=1S/C15H21ClN2O3/c1-3-10(2)13(15(21)17-8-9-19)18-14(20)11-4-6-12(16)7-5-11/h4-7,10,13,19H,3,8-9H2,1-2H3,(H,17,21)(H,18,20). The predicted octanol–water partition coefficient (Wildman–Crippen LogP) is 1.59. The predicted molar refractivity (Wildman–Crippen MR) is 82.3 cm³/mol. The molecule has 1 aromatic carbocycles. The van der Waals surface area contributed by atoms with Gasteiger partial charge in [-0.1, -0.05) is 31.9 Å². The Morgan fingerprint density at radius 2 is 1.90 bits per heavy atom. The fourth-order valence-electron chi connectivity index (χ4n) is 1.82. The Labute approximate surface area is 129 Å². The first-order valence-corrected chi connectivity index (χ1v) is 7.32. The molecule has 1 rings (SSSR count). The molecular formula is C15H21ClN2O3. The molecule has 2 unspecified atom stereocenters. The minimum absolute atomic E-state index is 0.0139. The van der Waals surface area contributed by atoms with Crippen molar-refractivity contribution in [1.29, 1.82) is 0 Å². The minimum Gasteiger partial charge on any atom is -0.395 e. The van der Waals surface area contributed by atoms with Gasteiger partial charge in [0.1, 0.15) is 6.04 Å². The first-order chi connectivity index (χ1) is 9.99. The van der Waals surface area contributed by atoms with Crippen molar-refractivity contribution < 1.29 is 14.7 Å². The van der Waals surface area contributed by atoms with Gasteiger partial charge in [0.25, 0.3) is 5.91 Å². The summed E-state index contributed by atoms with van der Waals surface area (Å²) >= 11 is 5.78. The van der Waals surface area contributed by atoms with Gasteiger partial charge in [-0.2, -0.15) is 0 Å². The Balaban J connectivity index is 2.78. The topological polar surface area (TPSA) is 78.4 Å². The third-order valence-corrected chi connectivity index (χ3v) is 3.55. The number of amides is 2. The third kappa shape index (κ3) is 5.36. The second kappa shape index (κ2) is 8.64. The van der Waals surface area contributed by atoms with E-state index in [-0.39, 0.29) is 30.9 Å². The highest BCUT2D eigenvalue weighted by Gasteiger charge is 2.25. The van der Waals surface area contributed by atoms with Crippen LogP contribution in [-0.2, 0) is 4.79 Å². The highest BCUT2D eigenvalue weighted by atomic mass is 35.5. The number of carbonyl (C=O) groups excluding carboxylic acids is 2. The van der Waals surface area contributed by atoms with Gasteiger partial charge in [-0.15, -0.1) is 0 Å². The number of benzene rings is 1. The number of halogens is 1. The van der Waals surface area contributed by atoms with Crippen LogP contribution in [0.15, 0.2) is 24.3 Å². The van der Waals surface area contributed by atoms with Gasteiger partial charge in [0.05, 0.1) is 6.61 Å². The van der Waals surface area contributed by atoms with E-state index < -0.39 is 6.04 Å². The molecule has 1 aromatic rings. The van der Waals surface area contributed by atoms with Crippen LogP contribution in [0.3, 0.4) is 0 Å². The fraction of sp³-hybridized carbons (Fsp3) is 0.467. The number of aliphatic hydroxyl groups is 1. The molecular weight excluding hydrogens is 292 g/mol. The van der Waals surface area contributed by atoms with E-state index in [0.717, 1.165) is 6.42 Å². The summed E-state index contributed by atoms with van der Waals surface area (Å²) in [7, 11) is 0. The maximum absolute atomic E-state index is 12.2. The van der Waals surface area contributed by atoms with E-state index in [4.69, 9.17) is 16.7 Å². The molecule has 0 aliphatic rings. The second-order valence-corrected chi connectivity index (χ2v) is 5.29. The summed E-state index contributed by atoms with van der Waals surface area (Å²) in [5.41, 5.74) is 0.447. The normalized spacial score (nSPS) is 13.3. The van der Waals surface area contributed by atoms with Crippen LogP contribution < -0.4 is 10.6 Å². The molecule has 0 saturated carbocycles. The molecule has 0 aliphatic heterocycles. The zero-order chi connectivity index (χ0) is 15.8. The van der Waals surface area contributed by atoms with Crippen molar-refractivity contribution >= 4 is 23.4 Å². The molecule has 0 radical (unpaired) electrons. The molecule has 3 N–H and O–H groups in total. The molecule has 0 bridgehead atoms. The molecule has 116 valence electrons. The first kappa shape index (κ1) is 17.5. The summed E-state index contributed by atoms with van der Waals surface area (Å²) in [6, 6.07) is 5.83.